The maximum absolute atomic E-state index is 9.98. The molecule has 34 heavy (non-hydrogen) atoms. The maximum Gasteiger partial charge on any atom is 0.134 e. The standard InChI is InChI=1S/C28H19ClN4S/c1-19-7-9-20(10-8-19)26-18-34-28(31-26)22(16-30)15-23-17-33(25-5-3-2-4-6-25)32-27(23)21-11-13-24(29)14-12-21/h2-15,17-18H,1H3/b22-15-. The zero-order valence-electron chi connectivity index (χ0n) is 18.3. The van der Waals surface area contributed by atoms with Crippen LogP contribution in [0.5, 0.6) is 0 Å². The van der Waals surface area contributed by atoms with Gasteiger partial charge in [0.1, 0.15) is 11.1 Å². The molecule has 0 bridgehead atoms. The van der Waals surface area contributed by atoms with E-state index in [1.807, 2.05) is 89.1 Å². The van der Waals surface area contributed by atoms with E-state index in [1.165, 1.54) is 16.9 Å². The number of aryl methyl sites for hydroxylation is 1. The van der Waals surface area contributed by atoms with Gasteiger partial charge in [0.2, 0.25) is 0 Å². The van der Waals surface area contributed by atoms with Crippen LogP contribution in [0.4, 0.5) is 0 Å². The number of nitrogens with zero attached hydrogens (tertiary/aromatic N) is 4. The van der Waals surface area contributed by atoms with Gasteiger partial charge in [0.05, 0.1) is 22.6 Å². The minimum atomic E-state index is 0.492. The quantitative estimate of drug-likeness (QED) is 0.243. The number of aromatic nitrogens is 3. The van der Waals surface area contributed by atoms with Crippen LogP contribution >= 0.6 is 22.9 Å². The molecule has 0 aliphatic heterocycles. The minimum Gasteiger partial charge on any atom is -0.240 e. The molecular formula is C28H19ClN4S. The number of rotatable bonds is 5. The van der Waals surface area contributed by atoms with Crippen LogP contribution in [0.15, 0.2) is 90.4 Å². The van der Waals surface area contributed by atoms with Crippen molar-refractivity contribution in [2.24, 2.45) is 0 Å². The highest BCUT2D eigenvalue weighted by Crippen LogP contribution is 2.31. The fourth-order valence-electron chi connectivity index (χ4n) is 3.59. The van der Waals surface area contributed by atoms with Gasteiger partial charge in [-0.05, 0) is 37.3 Å². The Labute approximate surface area is 207 Å². The second-order valence-corrected chi connectivity index (χ2v) is 9.09. The average molecular weight is 479 g/mol. The number of allylic oxidation sites excluding steroid dienone is 1. The Morgan fingerprint density at radius 2 is 1.68 bits per heavy atom. The molecule has 0 aliphatic rings. The van der Waals surface area contributed by atoms with Crippen LogP contribution in [0.3, 0.4) is 0 Å². The highest BCUT2D eigenvalue weighted by Gasteiger charge is 2.15. The molecule has 0 N–H and O–H groups in total. The van der Waals surface area contributed by atoms with Crippen molar-refractivity contribution < 1.29 is 0 Å². The Morgan fingerprint density at radius 3 is 2.38 bits per heavy atom. The number of nitriles is 1. The topological polar surface area (TPSA) is 54.5 Å². The van der Waals surface area contributed by atoms with Gasteiger partial charge < -0.3 is 0 Å². The molecule has 5 aromatic rings. The molecule has 0 aliphatic carbocycles. The summed E-state index contributed by atoms with van der Waals surface area (Å²) in [6.07, 6.45) is 3.79. The van der Waals surface area contributed by atoms with Crippen molar-refractivity contribution in [3.63, 3.8) is 0 Å². The molecule has 0 saturated heterocycles. The monoisotopic (exact) mass is 478 g/mol. The molecule has 164 valence electrons. The van der Waals surface area contributed by atoms with Crippen molar-refractivity contribution in [3.05, 3.63) is 112 Å². The zero-order valence-corrected chi connectivity index (χ0v) is 19.9. The molecule has 0 unspecified atom stereocenters. The summed E-state index contributed by atoms with van der Waals surface area (Å²) in [5, 5.41) is 18.1. The second kappa shape index (κ2) is 9.48. The van der Waals surface area contributed by atoms with Gasteiger partial charge in [-0.3, -0.25) is 0 Å². The van der Waals surface area contributed by atoms with Gasteiger partial charge in [0.15, 0.2) is 0 Å². The van der Waals surface area contributed by atoms with Gasteiger partial charge in [-0.1, -0.05) is 71.8 Å². The summed E-state index contributed by atoms with van der Waals surface area (Å²) in [7, 11) is 0. The van der Waals surface area contributed by atoms with Crippen molar-refractivity contribution in [1.29, 1.82) is 5.26 Å². The number of benzene rings is 3. The van der Waals surface area contributed by atoms with Crippen molar-refractivity contribution in [3.8, 4) is 34.3 Å². The third-order valence-corrected chi connectivity index (χ3v) is 6.51. The SMILES string of the molecule is Cc1ccc(-c2csc(/C(C#N)=C\c3cn(-c4ccccc4)nc3-c3ccc(Cl)cc3)n2)cc1. The molecule has 0 radical (unpaired) electrons. The summed E-state index contributed by atoms with van der Waals surface area (Å²) >= 11 is 7.56. The van der Waals surface area contributed by atoms with E-state index in [-0.39, 0.29) is 0 Å². The third-order valence-electron chi connectivity index (χ3n) is 5.38. The summed E-state index contributed by atoms with van der Waals surface area (Å²) in [5.74, 6) is 0. The van der Waals surface area contributed by atoms with Gasteiger partial charge in [0.25, 0.3) is 0 Å². The van der Waals surface area contributed by atoms with E-state index in [9.17, 15) is 5.26 Å². The van der Waals surface area contributed by atoms with E-state index in [1.54, 1.807) is 0 Å². The summed E-state index contributed by atoms with van der Waals surface area (Å²) in [6.45, 7) is 2.06. The van der Waals surface area contributed by atoms with Crippen LogP contribution in [-0.4, -0.2) is 14.8 Å². The molecule has 0 fully saturated rings. The Kier molecular flexibility index (Phi) is 6.09. The van der Waals surface area contributed by atoms with Crippen LogP contribution in [-0.2, 0) is 0 Å². The molecule has 0 amide bonds. The summed E-state index contributed by atoms with van der Waals surface area (Å²) in [5.41, 5.74) is 7.03. The Balaban J connectivity index is 1.58. The van der Waals surface area contributed by atoms with Crippen molar-refractivity contribution in [2.45, 2.75) is 6.92 Å². The Bertz CT molecular complexity index is 1510. The van der Waals surface area contributed by atoms with E-state index in [0.717, 1.165) is 33.8 Å². The maximum atomic E-state index is 9.98. The van der Waals surface area contributed by atoms with Crippen LogP contribution in [0.25, 0.3) is 39.9 Å². The molecule has 4 nitrogen and oxygen atoms in total. The molecule has 0 spiro atoms. The van der Waals surface area contributed by atoms with E-state index < -0.39 is 0 Å². The van der Waals surface area contributed by atoms with Gasteiger partial charge in [-0.2, -0.15) is 10.4 Å². The molecule has 0 saturated carbocycles. The first-order valence-electron chi connectivity index (χ1n) is 10.7. The van der Waals surface area contributed by atoms with E-state index in [2.05, 4.69) is 25.1 Å². The first-order valence-corrected chi connectivity index (χ1v) is 11.9. The lowest BCUT2D eigenvalue weighted by atomic mass is 10.1. The largest absolute Gasteiger partial charge is 0.240 e. The average Bonchev–Trinajstić information content (AvgIpc) is 3.52. The third kappa shape index (κ3) is 4.55. The lowest BCUT2D eigenvalue weighted by molar-refractivity contribution is 0.884. The number of hydrogen-bond acceptors (Lipinski definition) is 4. The van der Waals surface area contributed by atoms with Crippen molar-refractivity contribution in [2.75, 3.05) is 0 Å². The van der Waals surface area contributed by atoms with Gasteiger partial charge >= 0.3 is 0 Å². The van der Waals surface area contributed by atoms with Crippen LogP contribution in [0.2, 0.25) is 5.02 Å². The molecule has 5 rings (SSSR count). The first kappa shape index (κ1) is 21.8. The van der Waals surface area contributed by atoms with Crippen LogP contribution in [0.1, 0.15) is 16.1 Å². The predicted molar refractivity (Wildman–Crippen MR) is 140 cm³/mol. The first-order chi connectivity index (χ1) is 16.6. The van der Waals surface area contributed by atoms with Crippen LogP contribution in [0, 0.1) is 18.3 Å². The minimum absolute atomic E-state index is 0.492. The normalized spacial score (nSPS) is 11.4. The number of thiazole rings is 1. The number of halogens is 1. The van der Waals surface area contributed by atoms with Gasteiger partial charge in [0, 0.05) is 33.3 Å². The fraction of sp³-hybridized carbons (Fsp3) is 0.0357. The van der Waals surface area contributed by atoms with Crippen LogP contribution < -0.4 is 0 Å². The fourth-order valence-corrected chi connectivity index (χ4v) is 4.51. The Hall–Kier alpha value is -3.98. The summed E-state index contributed by atoms with van der Waals surface area (Å²) in [6, 6.07) is 28.0. The highest BCUT2D eigenvalue weighted by molar-refractivity contribution is 7.11. The zero-order chi connectivity index (χ0) is 23.5. The lowest BCUT2D eigenvalue weighted by Crippen LogP contribution is -1.93. The smallest absolute Gasteiger partial charge is 0.134 e. The van der Waals surface area contributed by atoms with E-state index >= 15 is 0 Å². The van der Waals surface area contributed by atoms with E-state index in [4.69, 9.17) is 21.7 Å². The molecule has 6 heteroatoms. The van der Waals surface area contributed by atoms with Gasteiger partial charge in [-0.25, -0.2) is 9.67 Å². The predicted octanol–water partition coefficient (Wildman–Crippen LogP) is 7.69. The summed E-state index contributed by atoms with van der Waals surface area (Å²) < 4.78 is 1.82. The summed E-state index contributed by atoms with van der Waals surface area (Å²) in [4.78, 5) is 4.74. The molecule has 2 aromatic heterocycles. The molecule has 3 aromatic carbocycles. The second-order valence-electron chi connectivity index (χ2n) is 7.79. The van der Waals surface area contributed by atoms with Crippen molar-refractivity contribution in [1.82, 2.24) is 14.8 Å². The highest BCUT2D eigenvalue weighted by atomic mass is 35.5. The number of para-hydroxylation sites is 1. The Morgan fingerprint density at radius 1 is 0.971 bits per heavy atom. The van der Waals surface area contributed by atoms with Gasteiger partial charge in [-0.15, -0.1) is 11.3 Å². The lowest BCUT2D eigenvalue weighted by Gasteiger charge is -2.01. The molecule has 0 atom stereocenters. The number of hydrogen-bond donors (Lipinski definition) is 0. The van der Waals surface area contributed by atoms with E-state index in [0.29, 0.717) is 15.6 Å². The van der Waals surface area contributed by atoms with Crippen molar-refractivity contribution >= 4 is 34.6 Å². The molecular weight excluding hydrogens is 460 g/mol. The molecule has 2 heterocycles.